The Hall–Kier alpha value is -1.86. The van der Waals surface area contributed by atoms with Crippen LogP contribution in [0, 0.1) is 11.8 Å². The number of benzene rings is 2. The molecule has 27 heavy (non-hydrogen) atoms. The van der Waals surface area contributed by atoms with Crippen LogP contribution in [0.25, 0.3) is 0 Å². The smallest absolute Gasteiger partial charge is 0.388 e. The van der Waals surface area contributed by atoms with Gasteiger partial charge in [-0.15, -0.1) is 11.8 Å². The molecule has 0 fully saturated rings. The fraction of sp³-hybridized carbons (Fsp3) is 0.417. The third-order valence-electron chi connectivity index (χ3n) is 4.43. The molecule has 144 valence electrons. The summed E-state index contributed by atoms with van der Waals surface area (Å²) in [6.07, 6.45) is 4.74. The van der Waals surface area contributed by atoms with Crippen molar-refractivity contribution < 1.29 is 8.85 Å². The van der Waals surface area contributed by atoms with E-state index in [1.54, 1.807) is 0 Å². The molecular weight excluding hydrogens is 348 g/mol. The van der Waals surface area contributed by atoms with Gasteiger partial charge in [0.2, 0.25) is 0 Å². The molecule has 2 rings (SSSR count). The molecule has 0 heterocycles. The molecule has 0 saturated carbocycles. The van der Waals surface area contributed by atoms with Gasteiger partial charge in [0, 0.05) is 19.4 Å². The van der Waals surface area contributed by atoms with Gasteiger partial charge in [-0.25, -0.2) is 0 Å². The van der Waals surface area contributed by atoms with E-state index in [0.29, 0.717) is 6.61 Å². The van der Waals surface area contributed by atoms with Gasteiger partial charge in [-0.1, -0.05) is 81.4 Å². The van der Waals surface area contributed by atoms with Crippen LogP contribution in [0.1, 0.15) is 52.9 Å². The minimum atomic E-state index is -2.79. The monoisotopic (exact) mass is 380 g/mol. The minimum Gasteiger partial charge on any atom is -0.388 e. The molecule has 0 bridgehead atoms. The lowest BCUT2D eigenvalue weighted by atomic mass is 10.2. The molecule has 0 radical (unpaired) electrons. The van der Waals surface area contributed by atoms with Crippen molar-refractivity contribution in [3.05, 3.63) is 60.7 Å². The average Bonchev–Trinajstić information content (AvgIpc) is 2.74. The van der Waals surface area contributed by atoms with Crippen LogP contribution in [0.3, 0.4) is 0 Å². The normalized spacial score (nSPS) is 12.3. The molecule has 0 aliphatic heterocycles. The first kappa shape index (κ1) is 21.4. The summed E-state index contributed by atoms with van der Waals surface area (Å²) < 4.78 is 13.4. The van der Waals surface area contributed by atoms with E-state index in [4.69, 9.17) is 8.85 Å². The van der Waals surface area contributed by atoms with E-state index in [-0.39, 0.29) is 6.10 Å². The van der Waals surface area contributed by atoms with Crippen LogP contribution in [0.2, 0.25) is 0 Å². The predicted molar refractivity (Wildman–Crippen MR) is 117 cm³/mol. The van der Waals surface area contributed by atoms with Crippen LogP contribution >= 0.6 is 0 Å². The Bertz CT molecular complexity index is 664. The van der Waals surface area contributed by atoms with Crippen molar-refractivity contribution in [3.8, 4) is 11.8 Å². The largest absolute Gasteiger partial charge is 0.407 e. The maximum absolute atomic E-state index is 6.86. The lowest BCUT2D eigenvalue weighted by molar-refractivity contribution is 0.130. The van der Waals surface area contributed by atoms with E-state index < -0.39 is 8.56 Å². The lowest BCUT2D eigenvalue weighted by Gasteiger charge is -2.34. The molecule has 0 aliphatic rings. The molecule has 1 atom stereocenters. The molecule has 2 nitrogen and oxygen atoms in total. The summed E-state index contributed by atoms with van der Waals surface area (Å²) in [4.78, 5) is 0. The minimum absolute atomic E-state index is 0.0679. The Morgan fingerprint density at radius 2 is 1.41 bits per heavy atom. The van der Waals surface area contributed by atoms with Crippen molar-refractivity contribution in [3.63, 3.8) is 0 Å². The second-order valence-electron chi connectivity index (χ2n) is 6.65. The van der Waals surface area contributed by atoms with E-state index in [9.17, 15) is 0 Å². The fourth-order valence-corrected chi connectivity index (χ4v) is 6.45. The fourth-order valence-electron chi connectivity index (χ4n) is 2.97. The van der Waals surface area contributed by atoms with Gasteiger partial charge < -0.3 is 8.85 Å². The number of hydrogen-bond donors (Lipinski definition) is 0. The Morgan fingerprint density at radius 3 is 1.89 bits per heavy atom. The van der Waals surface area contributed by atoms with E-state index in [2.05, 4.69) is 81.1 Å². The zero-order valence-corrected chi connectivity index (χ0v) is 17.9. The number of unbranched alkanes of at least 4 members (excludes halogenated alkanes) is 1. The summed E-state index contributed by atoms with van der Waals surface area (Å²) in [5.41, 5.74) is 0. The first-order valence-electron chi connectivity index (χ1n) is 10.1. The summed E-state index contributed by atoms with van der Waals surface area (Å²) in [5, 5.41) is 2.31. The van der Waals surface area contributed by atoms with Crippen molar-refractivity contribution in [2.45, 2.75) is 59.0 Å². The third-order valence-corrected chi connectivity index (χ3v) is 7.90. The summed E-state index contributed by atoms with van der Waals surface area (Å²) in [7, 11) is -2.79. The van der Waals surface area contributed by atoms with Crippen molar-refractivity contribution in [1.29, 1.82) is 0 Å². The highest BCUT2D eigenvalue weighted by Crippen LogP contribution is 2.17. The molecule has 0 aromatic heterocycles. The molecule has 3 heteroatoms. The first-order chi connectivity index (χ1) is 13.3. The Kier molecular flexibility index (Phi) is 9.34. The third kappa shape index (κ3) is 6.07. The van der Waals surface area contributed by atoms with Crippen LogP contribution in [-0.2, 0) is 8.85 Å². The van der Waals surface area contributed by atoms with Crippen LogP contribution in [0.15, 0.2) is 60.7 Å². The van der Waals surface area contributed by atoms with Gasteiger partial charge in [-0.3, -0.25) is 0 Å². The number of rotatable bonds is 10. The summed E-state index contributed by atoms with van der Waals surface area (Å²) >= 11 is 0. The topological polar surface area (TPSA) is 18.5 Å². The van der Waals surface area contributed by atoms with Gasteiger partial charge in [0.05, 0.1) is 6.10 Å². The van der Waals surface area contributed by atoms with Crippen molar-refractivity contribution >= 4 is 18.9 Å². The summed E-state index contributed by atoms with van der Waals surface area (Å²) in [5.74, 6) is 6.56. The second-order valence-corrected chi connectivity index (χ2v) is 9.57. The van der Waals surface area contributed by atoms with E-state index >= 15 is 0 Å². The molecule has 0 spiro atoms. The van der Waals surface area contributed by atoms with Gasteiger partial charge in [0.25, 0.3) is 0 Å². The highest BCUT2D eigenvalue weighted by Gasteiger charge is 2.44. The molecule has 0 amide bonds. The molecule has 2 aromatic carbocycles. The Morgan fingerprint density at radius 1 is 0.815 bits per heavy atom. The zero-order chi connectivity index (χ0) is 19.4. The predicted octanol–water partition coefficient (Wildman–Crippen LogP) is 4.66. The zero-order valence-electron chi connectivity index (χ0n) is 16.9. The first-order valence-corrected chi connectivity index (χ1v) is 12.0. The molecule has 0 saturated heterocycles. The van der Waals surface area contributed by atoms with Crippen molar-refractivity contribution in [1.82, 2.24) is 0 Å². The summed E-state index contributed by atoms with van der Waals surface area (Å²) in [6.45, 7) is 7.15. The lowest BCUT2D eigenvalue weighted by Crippen LogP contribution is -2.64. The van der Waals surface area contributed by atoms with Gasteiger partial charge >= 0.3 is 8.56 Å². The van der Waals surface area contributed by atoms with Gasteiger partial charge in [-0.2, -0.15) is 0 Å². The van der Waals surface area contributed by atoms with E-state index in [0.717, 1.165) is 42.5 Å². The SMILES string of the molecule is CCCC#CCC(CC)O[Si](OCCC)(c1ccccc1)c1ccccc1. The van der Waals surface area contributed by atoms with Gasteiger partial charge in [-0.05, 0) is 29.6 Å². The van der Waals surface area contributed by atoms with Crippen LogP contribution in [0.5, 0.6) is 0 Å². The highest BCUT2D eigenvalue weighted by atomic mass is 28.4. The molecule has 0 N–H and O–H groups in total. The maximum atomic E-state index is 6.86. The average molecular weight is 381 g/mol. The molecule has 0 aliphatic carbocycles. The Labute approximate surface area is 166 Å². The highest BCUT2D eigenvalue weighted by molar-refractivity contribution is 6.92. The standard InChI is InChI=1S/C24H32O2Si/c1-4-7-8-11-16-22(6-3)26-27(25-21-5-2,23-17-12-9-13-18-23)24-19-14-10-15-20-24/h9-10,12-15,17-20,22H,4-7,16,21H2,1-3H3. The second kappa shape index (κ2) is 11.8. The summed E-state index contributed by atoms with van der Waals surface area (Å²) in [6, 6.07) is 20.9. The van der Waals surface area contributed by atoms with E-state index in [1.807, 2.05) is 12.1 Å². The van der Waals surface area contributed by atoms with E-state index in [1.165, 1.54) is 0 Å². The van der Waals surface area contributed by atoms with Gasteiger partial charge in [0.15, 0.2) is 0 Å². The van der Waals surface area contributed by atoms with Crippen molar-refractivity contribution in [2.75, 3.05) is 6.61 Å². The van der Waals surface area contributed by atoms with Crippen LogP contribution in [0.4, 0.5) is 0 Å². The molecule has 1 unspecified atom stereocenters. The molecule has 2 aromatic rings. The van der Waals surface area contributed by atoms with Crippen LogP contribution < -0.4 is 10.4 Å². The molecular formula is C24H32O2Si. The maximum Gasteiger partial charge on any atom is 0.407 e. The number of hydrogen-bond acceptors (Lipinski definition) is 2. The van der Waals surface area contributed by atoms with Crippen molar-refractivity contribution in [2.24, 2.45) is 0 Å². The van der Waals surface area contributed by atoms with Crippen LogP contribution in [-0.4, -0.2) is 21.3 Å². The Balaban J connectivity index is 2.42. The van der Waals surface area contributed by atoms with Gasteiger partial charge in [0.1, 0.15) is 0 Å². The quantitative estimate of drug-likeness (QED) is 0.441.